The van der Waals surface area contributed by atoms with Crippen LogP contribution in [0, 0.1) is 5.92 Å². The highest BCUT2D eigenvalue weighted by atomic mass is 16.5. The van der Waals surface area contributed by atoms with Crippen molar-refractivity contribution in [3.63, 3.8) is 0 Å². The molecule has 0 radical (unpaired) electrons. The van der Waals surface area contributed by atoms with Gasteiger partial charge in [0, 0.05) is 36.5 Å². The number of methoxy groups -OCH3 is 1. The lowest BCUT2D eigenvalue weighted by atomic mass is 9.85. The number of amides is 1. The first-order chi connectivity index (χ1) is 16.6. The van der Waals surface area contributed by atoms with E-state index in [9.17, 15) is 4.79 Å². The third-order valence-electron chi connectivity index (χ3n) is 6.45. The molecule has 0 aliphatic heterocycles. The van der Waals surface area contributed by atoms with Crippen molar-refractivity contribution >= 4 is 22.9 Å². The molecular formula is C25H27N7O2. The second kappa shape index (κ2) is 9.46. The number of fused-ring (bicyclic) bond motifs is 1. The molecule has 174 valence electrons. The van der Waals surface area contributed by atoms with Crippen molar-refractivity contribution in [1.82, 2.24) is 29.8 Å². The number of anilines is 1. The maximum atomic E-state index is 12.8. The van der Waals surface area contributed by atoms with Gasteiger partial charge in [0.2, 0.25) is 5.91 Å². The number of nitrogens with one attached hydrogen (secondary N) is 1. The Morgan fingerprint density at radius 1 is 1.15 bits per heavy atom. The van der Waals surface area contributed by atoms with E-state index in [-0.39, 0.29) is 17.9 Å². The molecule has 0 spiro atoms. The Bertz CT molecular complexity index is 1300. The molecule has 1 saturated carbocycles. The van der Waals surface area contributed by atoms with E-state index in [0.29, 0.717) is 23.7 Å². The zero-order valence-corrected chi connectivity index (χ0v) is 19.0. The van der Waals surface area contributed by atoms with Crippen LogP contribution >= 0.6 is 0 Å². The molecule has 9 nitrogen and oxygen atoms in total. The zero-order chi connectivity index (χ0) is 23.5. The Kier molecular flexibility index (Phi) is 6.07. The minimum atomic E-state index is 0.00344. The Labute approximate surface area is 197 Å². The lowest BCUT2D eigenvalue weighted by Crippen LogP contribution is -2.33. The number of carbonyl (C=O) groups is 1. The van der Waals surface area contributed by atoms with Crippen LogP contribution in [0.5, 0.6) is 5.75 Å². The van der Waals surface area contributed by atoms with E-state index < -0.39 is 0 Å². The van der Waals surface area contributed by atoms with E-state index >= 15 is 0 Å². The Morgan fingerprint density at radius 2 is 1.94 bits per heavy atom. The van der Waals surface area contributed by atoms with E-state index in [0.717, 1.165) is 48.2 Å². The zero-order valence-electron chi connectivity index (χ0n) is 19.0. The maximum Gasteiger partial charge on any atom is 0.223 e. The SMILES string of the molecule is COc1cccc(CNC(=O)[C@H]2CC[C@@H](n3cnc4c(N)nc(-c5ccncc5)nc43)CC2)c1. The smallest absolute Gasteiger partial charge is 0.223 e. The topological polar surface area (TPSA) is 121 Å². The van der Waals surface area contributed by atoms with Crippen molar-refractivity contribution < 1.29 is 9.53 Å². The number of nitrogens with two attached hydrogens (primary N) is 1. The molecule has 34 heavy (non-hydrogen) atoms. The van der Waals surface area contributed by atoms with Gasteiger partial charge in [0.05, 0.1) is 13.4 Å². The highest BCUT2D eigenvalue weighted by Crippen LogP contribution is 2.35. The molecule has 0 unspecified atom stereocenters. The number of nitrogens with zero attached hydrogens (tertiary/aromatic N) is 5. The molecule has 0 atom stereocenters. The molecule has 3 aromatic heterocycles. The molecule has 0 bridgehead atoms. The fourth-order valence-electron chi connectivity index (χ4n) is 4.57. The number of ether oxygens (including phenoxy) is 1. The minimum absolute atomic E-state index is 0.00344. The first-order valence-electron chi connectivity index (χ1n) is 11.4. The minimum Gasteiger partial charge on any atom is -0.497 e. The third-order valence-corrected chi connectivity index (χ3v) is 6.45. The normalized spacial score (nSPS) is 18.0. The number of pyridine rings is 1. The quantitative estimate of drug-likeness (QED) is 0.454. The highest BCUT2D eigenvalue weighted by molar-refractivity contribution is 5.84. The molecule has 4 aromatic rings. The number of imidazole rings is 1. The first-order valence-corrected chi connectivity index (χ1v) is 11.4. The predicted octanol–water partition coefficient (Wildman–Crippen LogP) is 3.53. The van der Waals surface area contributed by atoms with Crippen LogP contribution in [0.15, 0.2) is 55.1 Å². The second-order valence-corrected chi connectivity index (χ2v) is 8.57. The van der Waals surface area contributed by atoms with E-state index in [1.54, 1.807) is 25.8 Å². The van der Waals surface area contributed by atoms with Gasteiger partial charge in [0.1, 0.15) is 11.3 Å². The summed E-state index contributed by atoms with van der Waals surface area (Å²) in [7, 11) is 1.64. The molecule has 3 heterocycles. The molecule has 1 fully saturated rings. The summed E-state index contributed by atoms with van der Waals surface area (Å²) < 4.78 is 7.34. The molecule has 0 saturated heterocycles. The van der Waals surface area contributed by atoms with Gasteiger partial charge in [-0.25, -0.2) is 15.0 Å². The first kappa shape index (κ1) is 21.8. The maximum absolute atomic E-state index is 12.8. The van der Waals surface area contributed by atoms with Gasteiger partial charge >= 0.3 is 0 Å². The molecule has 5 rings (SSSR count). The number of nitrogen functional groups attached to an aromatic ring is 1. The van der Waals surface area contributed by atoms with Gasteiger partial charge < -0.3 is 20.4 Å². The van der Waals surface area contributed by atoms with Crippen molar-refractivity contribution in [1.29, 1.82) is 0 Å². The summed E-state index contributed by atoms with van der Waals surface area (Å²) >= 11 is 0. The van der Waals surface area contributed by atoms with Gasteiger partial charge in [-0.3, -0.25) is 9.78 Å². The fraction of sp³-hybridized carbons (Fsp3) is 0.320. The lowest BCUT2D eigenvalue weighted by Gasteiger charge is -2.28. The fourth-order valence-corrected chi connectivity index (χ4v) is 4.57. The summed E-state index contributed by atoms with van der Waals surface area (Å²) in [6.45, 7) is 0.496. The van der Waals surface area contributed by atoms with Gasteiger partial charge in [-0.15, -0.1) is 0 Å². The van der Waals surface area contributed by atoms with E-state index in [1.807, 2.05) is 36.4 Å². The van der Waals surface area contributed by atoms with Crippen LogP contribution < -0.4 is 15.8 Å². The monoisotopic (exact) mass is 457 g/mol. The van der Waals surface area contributed by atoms with Gasteiger partial charge in [0.25, 0.3) is 0 Å². The van der Waals surface area contributed by atoms with Crippen LogP contribution in [0.3, 0.4) is 0 Å². The lowest BCUT2D eigenvalue weighted by molar-refractivity contribution is -0.126. The largest absolute Gasteiger partial charge is 0.497 e. The van der Waals surface area contributed by atoms with Gasteiger partial charge in [-0.05, 0) is 55.5 Å². The number of aromatic nitrogens is 5. The highest BCUT2D eigenvalue weighted by Gasteiger charge is 2.28. The van der Waals surface area contributed by atoms with Crippen molar-refractivity contribution in [2.24, 2.45) is 5.92 Å². The Hall–Kier alpha value is -4.01. The van der Waals surface area contributed by atoms with Crippen LogP contribution in [0.1, 0.15) is 37.3 Å². The average Bonchev–Trinajstić information content (AvgIpc) is 3.33. The molecular weight excluding hydrogens is 430 g/mol. The molecule has 1 aromatic carbocycles. The van der Waals surface area contributed by atoms with Gasteiger partial charge in [-0.1, -0.05) is 12.1 Å². The number of hydrogen-bond donors (Lipinski definition) is 2. The Morgan fingerprint density at radius 3 is 2.71 bits per heavy atom. The standard InChI is InChI=1S/C25H27N7O2/c1-34-20-4-2-3-16(13-20)14-28-25(33)18-5-7-19(8-6-18)32-15-29-21-22(26)30-23(31-24(21)32)17-9-11-27-12-10-17/h2-4,9-13,15,18-19H,5-8,14H2,1H3,(H,28,33)(H2,26,30,31)/t18-,19+. The number of carbonyl (C=O) groups excluding carboxylic acids is 1. The van der Waals surface area contributed by atoms with E-state index in [2.05, 4.69) is 24.8 Å². The summed E-state index contributed by atoms with van der Waals surface area (Å²) in [6, 6.07) is 11.7. The summed E-state index contributed by atoms with van der Waals surface area (Å²) in [5, 5.41) is 3.08. The number of rotatable bonds is 6. The van der Waals surface area contributed by atoms with Crippen molar-refractivity contribution in [3.05, 3.63) is 60.7 Å². The van der Waals surface area contributed by atoms with E-state index in [4.69, 9.17) is 15.5 Å². The van der Waals surface area contributed by atoms with Crippen molar-refractivity contribution in [2.75, 3.05) is 12.8 Å². The van der Waals surface area contributed by atoms with Crippen LogP contribution in [0.25, 0.3) is 22.6 Å². The Balaban J connectivity index is 1.26. The summed E-state index contributed by atoms with van der Waals surface area (Å²) in [4.78, 5) is 30.5. The van der Waals surface area contributed by atoms with Crippen molar-refractivity contribution in [3.8, 4) is 17.1 Å². The average molecular weight is 458 g/mol. The van der Waals surface area contributed by atoms with E-state index in [1.165, 1.54) is 0 Å². The van der Waals surface area contributed by atoms with Crippen LogP contribution in [-0.4, -0.2) is 37.5 Å². The molecule has 1 aliphatic rings. The molecule has 9 heteroatoms. The van der Waals surface area contributed by atoms with Crippen LogP contribution in [0.4, 0.5) is 5.82 Å². The molecule has 3 N–H and O–H groups in total. The van der Waals surface area contributed by atoms with Gasteiger partial charge in [-0.2, -0.15) is 0 Å². The number of hydrogen-bond acceptors (Lipinski definition) is 7. The third kappa shape index (κ3) is 4.41. The molecule has 1 aliphatic carbocycles. The van der Waals surface area contributed by atoms with Gasteiger partial charge in [0.15, 0.2) is 17.3 Å². The summed E-state index contributed by atoms with van der Waals surface area (Å²) in [5.74, 6) is 1.81. The predicted molar refractivity (Wildman–Crippen MR) is 129 cm³/mol. The van der Waals surface area contributed by atoms with Crippen molar-refractivity contribution in [2.45, 2.75) is 38.3 Å². The molecule has 1 amide bonds. The second-order valence-electron chi connectivity index (χ2n) is 8.57. The number of benzene rings is 1. The summed E-state index contributed by atoms with van der Waals surface area (Å²) in [6.07, 6.45) is 8.57. The van der Waals surface area contributed by atoms with Crippen LogP contribution in [0.2, 0.25) is 0 Å². The summed E-state index contributed by atoms with van der Waals surface area (Å²) in [5.41, 5.74) is 9.41. The van der Waals surface area contributed by atoms with Crippen LogP contribution in [-0.2, 0) is 11.3 Å².